The van der Waals surface area contributed by atoms with E-state index in [1.54, 1.807) is 6.20 Å². The van der Waals surface area contributed by atoms with Crippen LogP contribution in [0.1, 0.15) is 25.3 Å². The molecule has 3 heteroatoms. The van der Waals surface area contributed by atoms with Gasteiger partial charge in [-0.15, -0.1) is 0 Å². The molecule has 0 radical (unpaired) electrons. The molecule has 68 valence electrons. The van der Waals surface area contributed by atoms with E-state index in [2.05, 4.69) is 25.0 Å². The van der Waals surface area contributed by atoms with Crippen LogP contribution in [0, 0.1) is 0 Å². The molecule has 0 saturated heterocycles. The summed E-state index contributed by atoms with van der Waals surface area (Å²) in [6.07, 6.45) is 5.73. The number of aromatic nitrogens is 2. The lowest BCUT2D eigenvalue weighted by molar-refractivity contribution is 0.854. The molecule has 0 fully saturated rings. The highest BCUT2D eigenvalue weighted by Crippen LogP contribution is 2.22. The van der Waals surface area contributed by atoms with E-state index >= 15 is 0 Å². The fourth-order valence-corrected chi connectivity index (χ4v) is 1.60. The molecule has 2 rings (SSSR count). The van der Waals surface area contributed by atoms with Crippen LogP contribution in [0.2, 0.25) is 5.02 Å². The summed E-state index contributed by atoms with van der Waals surface area (Å²) in [5.74, 6) is 0.490. The van der Waals surface area contributed by atoms with Crippen molar-refractivity contribution in [3.8, 4) is 0 Å². The first-order valence-electron chi connectivity index (χ1n) is 4.30. The highest BCUT2D eigenvalue weighted by atomic mass is 35.5. The van der Waals surface area contributed by atoms with Crippen molar-refractivity contribution in [3.63, 3.8) is 0 Å². The first-order valence-corrected chi connectivity index (χ1v) is 4.68. The van der Waals surface area contributed by atoms with Crippen LogP contribution in [0.3, 0.4) is 0 Å². The SMILES string of the molecule is CC(C)c1cc(Cl)c2nccn2c1. The van der Waals surface area contributed by atoms with E-state index in [0.717, 1.165) is 10.7 Å². The molecule has 0 saturated carbocycles. The Labute approximate surface area is 82.2 Å². The third-order valence-electron chi connectivity index (χ3n) is 2.13. The second-order valence-corrected chi connectivity index (χ2v) is 3.84. The number of hydrogen-bond donors (Lipinski definition) is 0. The molecule has 0 bridgehead atoms. The molecule has 0 aliphatic heterocycles. The van der Waals surface area contributed by atoms with Crippen LogP contribution in [0.4, 0.5) is 0 Å². The number of hydrogen-bond acceptors (Lipinski definition) is 1. The maximum absolute atomic E-state index is 6.06. The smallest absolute Gasteiger partial charge is 0.155 e. The standard InChI is InChI=1S/C10H11ClN2/c1-7(2)8-5-9(11)10-12-3-4-13(10)6-8/h3-7H,1-2H3. The molecule has 13 heavy (non-hydrogen) atoms. The van der Waals surface area contributed by atoms with E-state index in [0.29, 0.717) is 5.92 Å². The summed E-state index contributed by atoms with van der Waals surface area (Å²) < 4.78 is 1.96. The van der Waals surface area contributed by atoms with E-state index in [1.807, 2.05) is 16.7 Å². The summed E-state index contributed by atoms with van der Waals surface area (Å²) in [5.41, 5.74) is 2.06. The third kappa shape index (κ3) is 1.42. The Balaban J connectivity index is 2.70. The van der Waals surface area contributed by atoms with Gasteiger partial charge in [-0.25, -0.2) is 4.98 Å². The van der Waals surface area contributed by atoms with Gasteiger partial charge in [0.05, 0.1) is 5.02 Å². The molecule has 0 unspecified atom stereocenters. The fraction of sp³-hybridized carbons (Fsp3) is 0.300. The van der Waals surface area contributed by atoms with Crippen LogP contribution in [-0.4, -0.2) is 9.38 Å². The van der Waals surface area contributed by atoms with Crippen molar-refractivity contribution in [2.45, 2.75) is 19.8 Å². The predicted molar refractivity (Wildman–Crippen MR) is 54.3 cm³/mol. The van der Waals surface area contributed by atoms with Crippen molar-refractivity contribution in [1.82, 2.24) is 9.38 Å². The molecule has 0 aliphatic rings. The first kappa shape index (κ1) is 8.57. The molecule has 2 heterocycles. The number of pyridine rings is 1. The minimum atomic E-state index is 0.490. The largest absolute Gasteiger partial charge is 0.306 e. The zero-order valence-corrected chi connectivity index (χ0v) is 8.42. The van der Waals surface area contributed by atoms with Crippen LogP contribution in [-0.2, 0) is 0 Å². The van der Waals surface area contributed by atoms with Crippen molar-refractivity contribution < 1.29 is 0 Å². The minimum absolute atomic E-state index is 0.490. The molecular formula is C10H11ClN2. The Bertz CT molecular complexity index is 431. The second kappa shape index (κ2) is 3.04. The van der Waals surface area contributed by atoms with Gasteiger partial charge in [-0.3, -0.25) is 0 Å². The fourth-order valence-electron chi connectivity index (χ4n) is 1.33. The van der Waals surface area contributed by atoms with Gasteiger partial charge in [0, 0.05) is 18.6 Å². The van der Waals surface area contributed by atoms with Crippen LogP contribution in [0.15, 0.2) is 24.7 Å². The van der Waals surface area contributed by atoms with Gasteiger partial charge in [0.15, 0.2) is 5.65 Å². The predicted octanol–water partition coefficient (Wildman–Crippen LogP) is 3.11. The molecule has 0 spiro atoms. The minimum Gasteiger partial charge on any atom is -0.306 e. The van der Waals surface area contributed by atoms with E-state index in [4.69, 9.17) is 11.6 Å². The van der Waals surface area contributed by atoms with E-state index in [1.165, 1.54) is 5.56 Å². The summed E-state index contributed by atoms with van der Waals surface area (Å²) in [6.45, 7) is 4.29. The van der Waals surface area contributed by atoms with Gasteiger partial charge in [0.25, 0.3) is 0 Å². The maximum Gasteiger partial charge on any atom is 0.155 e. The molecule has 0 aliphatic carbocycles. The van der Waals surface area contributed by atoms with E-state index in [-0.39, 0.29) is 0 Å². The monoisotopic (exact) mass is 194 g/mol. The Morgan fingerprint density at radius 1 is 1.46 bits per heavy atom. The summed E-state index contributed by atoms with van der Waals surface area (Å²) in [6, 6.07) is 1.98. The number of fused-ring (bicyclic) bond motifs is 1. The summed E-state index contributed by atoms with van der Waals surface area (Å²) in [5, 5.41) is 0.719. The van der Waals surface area contributed by atoms with Crippen molar-refractivity contribution >= 4 is 17.2 Å². The highest BCUT2D eigenvalue weighted by Gasteiger charge is 2.05. The molecule has 2 aromatic rings. The highest BCUT2D eigenvalue weighted by molar-refractivity contribution is 6.33. The lowest BCUT2D eigenvalue weighted by Gasteiger charge is -2.06. The van der Waals surface area contributed by atoms with Crippen LogP contribution < -0.4 is 0 Å². The van der Waals surface area contributed by atoms with Gasteiger partial charge < -0.3 is 4.40 Å². The van der Waals surface area contributed by atoms with Gasteiger partial charge in [-0.2, -0.15) is 0 Å². The van der Waals surface area contributed by atoms with Gasteiger partial charge in [0.2, 0.25) is 0 Å². The Morgan fingerprint density at radius 3 is 2.92 bits per heavy atom. The zero-order valence-electron chi connectivity index (χ0n) is 7.66. The maximum atomic E-state index is 6.06. The number of halogens is 1. The normalized spacial score (nSPS) is 11.4. The number of nitrogens with zero attached hydrogens (tertiary/aromatic N) is 2. The molecule has 2 nitrogen and oxygen atoms in total. The second-order valence-electron chi connectivity index (χ2n) is 3.43. The first-order chi connectivity index (χ1) is 6.18. The van der Waals surface area contributed by atoms with Gasteiger partial charge in [-0.1, -0.05) is 25.4 Å². The average Bonchev–Trinajstić information content (AvgIpc) is 2.51. The molecule has 0 amide bonds. The number of rotatable bonds is 1. The molecule has 2 aromatic heterocycles. The topological polar surface area (TPSA) is 17.3 Å². The van der Waals surface area contributed by atoms with Crippen LogP contribution in [0.5, 0.6) is 0 Å². The molecule has 0 N–H and O–H groups in total. The molecular weight excluding hydrogens is 184 g/mol. The Kier molecular flexibility index (Phi) is 2.00. The summed E-state index contributed by atoms with van der Waals surface area (Å²) in [4.78, 5) is 4.15. The van der Waals surface area contributed by atoms with E-state index < -0.39 is 0 Å². The quantitative estimate of drug-likeness (QED) is 0.682. The Hall–Kier alpha value is -1.02. The Morgan fingerprint density at radius 2 is 2.23 bits per heavy atom. The molecule has 0 aromatic carbocycles. The van der Waals surface area contributed by atoms with Gasteiger partial charge in [0.1, 0.15) is 0 Å². The van der Waals surface area contributed by atoms with E-state index in [9.17, 15) is 0 Å². The summed E-state index contributed by atoms with van der Waals surface area (Å²) in [7, 11) is 0. The number of imidazole rings is 1. The van der Waals surface area contributed by atoms with Gasteiger partial charge >= 0.3 is 0 Å². The van der Waals surface area contributed by atoms with Gasteiger partial charge in [-0.05, 0) is 17.5 Å². The molecule has 0 atom stereocenters. The van der Waals surface area contributed by atoms with Crippen molar-refractivity contribution in [2.24, 2.45) is 0 Å². The van der Waals surface area contributed by atoms with Crippen molar-refractivity contribution in [2.75, 3.05) is 0 Å². The van der Waals surface area contributed by atoms with Crippen molar-refractivity contribution in [3.05, 3.63) is 35.2 Å². The lowest BCUT2D eigenvalue weighted by Crippen LogP contribution is -1.92. The van der Waals surface area contributed by atoms with Crippen LogP contribution in [0.25, 0.3) is 5.65 Å². The average molecular weight is 195 g/mol. The summed E-state index contributed by atoms with van der Waals surface area (Å²) >= 11 is 6.06. The zero-order chi connectivity index (χ0) is 9.42. The lowest BCUT2D eigenvalue weighted by atomic mass is 10.1. The van der Waals surface area contributed by atoms with Crippen LogP contribution >= 0.6 is 11.6 Å². The van der Waals surface area contributed by atoms with Crippen molar-refractivity contribution in [1.29, 1.82) is 0 Å². The third-order valence-corrected chi connectivity index (χ3v) is 2.41.